The molecule has 0 amide bonds. The van der Waals surface area contributed by atoms with Gasteiger partial charge in [-0.25, -0.2) is 13.1 Å². The molecule has 1 aromatic rings. The van der Waals surface area contributed by atoms with Crippen molar-refractivity contribution >= 4 is 10.0 Å². The maximum atomic E-state index is 12.4. The Balaban J connectivity index is 2.88. The van der Waals surface area contributed by atoms with Crippen LogP contribution in [0.25, 0.3) is 0 Å². The summed E-state index contributed by atoms with van der Waals surface area (Å²) in [5, 5.41) is 9.00. The number of nitrogens with zero attached hydrogens (tertiary/aromatic N) is 1. The Kier molecular flexibility index (Phi) is 6.80. The summed E-state index contributed by atoms with van der Waals surface area (Å²) < 4.78 is 27.6. The fraction of sp³-hybridized carbons (Fsp3) is 0.600. The van der Waals surface area contributed by atoms with Crippen LogP contribution in [0.1, 0.15) is 25.8 Å². The van der Waals surface area contributed by atoms with Crippen LogP contribution >= 0.6 is 0 Å². The Bertz CT molecular complexity index is 514. The lowest BCUT2D eigenvalue weighted by atomic mass is 10.0. The van der Waals surface area contributed by atoms with Gasteiger partial charge in [0.15, 0.2) is 0 Å². The lowest BCUT2D eigenvalue weighted by Gasteiger charge is -2.23. The van der Waals surface area contributed by atoms with Crippen molar-refractivity contribution < 1.29 is 13.5 Å². The van der Waals surface area contributed by atoms with Crippen molar-refractivity contribution in [1.29, 1.82) is 0 Å². The zero-order valence-corrected chi connectivity index (χ0v) is 14.0. The molecular formula is C15H26N2O3S. The first-order valence-corrected chi connectivity index (χ1v) is 8.59. The molecule has 1 unspecified atom stereocenters. The average Bonchev–Trinajstić information content (AvgIpc) is 2.36. The molecule has 0 fully saturated rings. The first kappa shape index (κ1) is 18.1. The summed E-state index contributed by atoms with van der Waals surface area (Å²) in [6.07, 6.45) is 0.784. The molecule has 0 aliphatic rings. The lowest BCUT2D eigenvalue weighted by Crippen LogP contribution is -2.42. The molecule has 120 valence electrons. The quantitative estimate of drug-likeness (QED) is 0.762. The van der Waals surface area contributed by atoms with Gasteiger partial charge in [0.25, 0.3) is 0 Å². The number of aliphatic hydroxyl groups is 1. The van der Waals surface area contributed by atoms with E-state index >= 15 is 0 Å². The van der Waals surface area contributed by atoms with Crippen LogP contribution in [-0.4, -0.2) is 45.1 Å². The van der Waals surface area contributed by atoms with Crippen molar-refractivity contribution in [2.75, 3.05) is 20.6 Å². The van der Waals surface area contributed by atoms with Crippen LogP contribution in [0.4, 0.5) is 0 Å². The van der Waals surface area contributed by atoms with Crippen molar-refractivity contribution in [3.63, 3.8) is 0 Å². The molecule has 0 aliphatic carbocycles. The fourth-order valence-corrected chi connectivity index (χ4v) is 3.47. The van der Waals surface area contributed by atoms with Crippen molar-refractivity contribution in [2.24, 2.45) is 5.92 Å². The molecule has 1 atom stereocenters. The van der Waals surface area contributed by atoms with Crippen LogP contribution in [0.2, 0.25) is 0 Å². The minimum atomic E-state index is -3.53. The van der Waals surface area contributed by atoms with E-state index in [1.807, 2.05) is 19.0 Å². The number of sulfonamides is 1. The zero-order valence-electron chi connectivity index (χ0n) is 13.2. The topological polar surface area (TPSA) is 69.6 Å². The summed E-state index contributed by atoms with van der Waals surface area (Å²) in [4.78, 5) is 2.21. The number of benzene rings is 1. The molecule has 0 saturated carbocycles. The van der Waals surface area contributed by atoms with E-state index in [0.717, 1.165) is 6.42 Å². The van der Waals surface area contributed by atoms with E-state index in [1.54, 1.807) is 12.1 Å². The zero-order chi connectivity index (χ0) is 16.0. The summed E-state index contributed by atoms with van der Waals surface area (Å²) in [6, 6.07) is 6.17. The molecule has 21 heavy (non-hydrogen) atoms. The fourth-order valence-electron chi connectivity index (χ4n) is 2.23. The Morgan fingerprint density at radius 3 is 2.19 bits per heavy atom. The number of aliphatic hydroxyl groups excluding tert-OH is 1. The highest BCUT2D eigenvalue weighted by Gasteiger charge is 2.21. The van der Waals surface area contributed by atoms with Gasteiger partial charge in [-0.3, -0.25) is 0 Å². The molecule has 6 heteroatoms. The molecule has 0 saturated heterocycles. The van der Waals surface area contributed by atoms with Gasteiger partial charge < -0.3 is 10.0 Å². The van der Waals surface area contributed by atoms with Gasteiger partial charge in [0.05, 0.1) is 11.5 Å². The van der Waals surface area contributed by atoms with Crippen LogP contribution in [0.15, 0.2) is 29.2 Å². The van der Waals surface area contributed by atoms with Gasteiger partial charge in [0, 0.05) is 12.6 Å². The van der Waals surface area contributed by atoms with Crippen LogP contribution < -0.4 is 4.72 Å². The van der Waals surface area contributed by atoms with Gasteiger partial charge in [-0.2, -0.15) is 0 Å². The SMILES string of the molecule is CC(C)CC(CN(C)C)NS(=O)(=O)c1ccc(CO)cc1. The Morgan fingerprint density at radius 2 is 1.76 bits per heavy atom. The van der Waals surface area contributed by atoms with Crippen LogP contribution in [0, 0.1) is 5.92 Å². The van der Waals surface area contributed by atoms with Gasteiger partial charge in [-0.05, 0) is 44.1 Å². The lowest BCUT2D eigenvalue weighted by molar-refractivity contribution is 0.281. The van der Waals surface area contributed by atoms with E-state index < -0.39 is 10.0 Å². The van der Waals surface area contributed by atoms with Gasteiger partial charge in [-0.1, -0.05) is 26.0 Å². The molecule has 2 N–H and O–H groups in total. The normalized spacial score (nSPS) is 13.9. The number of nitrogens with one attached hydrogen (secondary N) is 1. The van der Waals surface area contributed by atoms with Gasteiger partial charge in [0.2, 0.25) is 10.0 Å². The number of hydrogen-bond acceptors (Lipinski definition) is 4. The molecular weight excluding hydrogens is 288 g/mol. The first-order valence-electron chi connectivity index (χ1n) is 7.11. The molecule has 5 nitrogen and oxygen atoms in total. The molecule has 0 heterocycles. The van der Waals surface area contributed by atoms with Crippen molar-refractivity contribution in [1.82, 2.24) is 9.62 Å². The van der Waals surface area contributed by atoms with E-state index in [9.17, 15) is 8.42 Å². The molecule has 0 aromatic heterocycles. The van der Waals surface area contributed by atoms with Crippen molar-refractivity contribution in [2.45, 2.75) is 37.8 Å². The second-order valence-corrected chi connectivity index (χ2v) is 7.73. The Morgan fingerprint density at radius 1 is 1.19 bits per heavy atom. The molecule has 0 radical (unpaired) electrons. The summed E-state index contributed by atoms with van der Waals surface area (Å²) >= 11 is 0. The number of likely N-dealkylation sites (N-methyl/N-ethyl adjacent to an activating group) is 1. The van der Waals surface area contributed by atoms with Crippen LogP contribution in [-0.2, 0) is 16.6 Å². The highest BCUT2D eigenvalue weighted by molar-refractivity contribution is 7.89. The molecule has 1 aromatic carbocycles. The second-order valence-electron chi connectivity index (χ2n) is 6.01. The van der Waals surface area contributed by atoms with Gasteiger partial charge in [0.1, 0.15) is 0 Å². The highest BCUT2D eigenvalue weighted by atomic mass is 32.2. The van der Waals surface area contributed by atoms with Gasteiger partial charge >= 0.3 is 0 Å². The van der Waals surface area contributed by atoms with Crippen LogP contribution in [0.3, 0.4) is 0 Å². The summed E-state index contributed by atoms with van der Waals surface area (Å²) in [7, 11) is 0.322. The smallest absolute Gasteiger partial charge is 0.240 e. The third kappa shape index (κ3) is 6.13. The van der Waals surface area contributed by atoms with E-state index in [0.29, 0.717) is 18.0 Å². The van der Waals surface area contributed by atoms with E-state index in [-0.39, 0.29) is 17.5 Å². The number of rotatable bonds is 8. The van der Waals surface area contributed by atoms with Gasteiger partial charge in [-0.15, -0.1) is 0 Å². The Labute approximate surface area is 128 Å². The Hall–Kier alpha value is -0.950. The summed E-state index contributed by atoms with van der Waals surface area (Å²) in [5.41, 5.74) is 0.695. The van der Waals surface area contributed by atoms with E-state index in [1.165, 1.54) is 12.1 Å². The minimum Gasteiger partial charge on any atom is -0.392 e. The monoisotopic (exact) mass is 314 g/mol. The first-order chi connectivity index (χ1) is 9.74. The summed E-state index contributed by atoms with van der Waals surface area (Å²) in [6.45, 7) is 4.72. The number of hydrogen-bond donors (Lipinski definition) is 2. The van der Waals surface area contributed by atoms with E-state index in [2.05, 4.69) is 18.6 Å². The third-order valence-corrected chi connectivity index (χ3v) is 4.62. The molecule has 0 bridgehead atoms. The molecule has 0 aliphatic heterocycles. The highest BCUT2D eigenvalue weighted by Crippen LogP contribution is 2.14. The molecule has 0 spiro atoms. The average molecular weight is 314 g/mol. The predicted octanol–water partition coefficient (Wildman–Crippen LogP) is 1.43. The third-order valence-electron chi connectivity index (χ3n) is 3.08. The van der Waals surface area contributed by atoms with Crippen molar-refractivity contribution in [3.05, 3.63) is 29.8 Å². The molecule has 1 rings (SSSR count). The standard InChI is InChI=1S/C15H26N2O3S/c1-12(2)9-14(10-17(3)4)16-21(19,20)15-7-5-13(11-18)6-8-15/h5-8,12,14,16,18H,9-11H2,1-4H3. The van der Waals surface area contributed by atoms with Crippen molar-refractivity contribution in [3.8, 4) is 0 Å². The maximum Gasteiger partial charge on any atom is 0.240 e. The second kappa shape index (κ2) is 7.89. The predicted molar refractivity (Wildman–Crippen MR) is 84.5 cm³/mol. The minimum absolute atomic E-state index is 0.0929. The summed E-state index contributed by atoms with van der Waals surface area (Å²) in [5.74, 6) is 0.411. The van der Waals surface area contributed by atoms with Crippen LogP contribution in [0.5, 0.6) is 0 Å². The largest absolute Gasteiger partial charge is 0.392 e. The van der Waals surface area contributed by atoms with E-state index in [4.69, 9.17) is 5.11 Å². The maximum absolute atomic E-state index is 12.4.